The standard InChI is InChI=1S/C20H23N3O5S/c1-13(15-11-14(27-2)9-10-18(15)28-3)21-19(24)12-23-17-8-6-5-7-16(17)22-20(23)29(4,25)26/h5-11,13H,12H2,1-4H3,(H,21,24). The zero-order valence-electron chi connectivity index (χ0n) is 16.7. The molecular formula is C20H23N3O5S. The quantitative estimate of drug-likeness (QED) is 0.633. The summed E-state index contributed by atoms with van der Waals surface area (Å²) in [6.07, 6.45) is 1.08. The Bertz CT molecular complexity index is 1150. The number of sulfone groups is 1. The molecule has 0 saturated heterocycles. The first kappa shape index (κ1) is 20.7. The Kier molecular flexibility index (Phi) is 5.78. The minimum Gasteiger partial charge on any atom is -0.497 e. The van der Waals surface area contributed by atoms with Crippen LogP contribution in [0.4, 0.5) is 0 Å². The second-order valence-corrected chi connectivity index (χ2v) is 8.55. The zero-order chi connectivity index (χ0) is 21.2. The number of amides is 1. The molecule has 1 N–H and O–H groups in total. The number of hydrogen-bond donors (Lipinski definition) is 1. The Morgan fingerprint density at radius 1 is 1.17 bits per heavy atom. The lowest BCUT2D eigenvalue weighted by molar-refractivity contribution is -0.122. The lowest BCUT2D eigenvalue weighted by Gasteiger charge is -2.19. The van der Waals surface area contributed by atoms with Gasteiger partial charge in [0.15, 0.2) is 0 Å². The van der Waals surface area contributed by atoms with Crippen molar-refractivity contribution in [3.05, 3.63) is 48.0 Å². The molecule has 3 aromatic rings. The molecule has 0 fully saturated rings. The number of carbonyl (C=O) groups excluding carboxylic acids is 1. The summed E-state index contributed by atoms with van der Waals surface area (Å²) in [5.74, 6) is 0.904. The van der Waals surface area contributed by atoms with Crippen molar-refractivity contribution in [2.45, 2.75) is 24.7 Å². The van der Waals surface area contributed by atoms with Crippen molar-refractivity contribution >= 4 is 26.8 Å². The summed E-state index contributed by atoms with van der Waals surface area (Å²) in [4.78, 5) is 16.9. The molecule has 154 valence electrons. The molecule has 1 unspecified atom stereocenters. The molecule has 9 heteroatoms. The lowest BCUT2D eigenvalue weighted by atomic mass is 10.1. The topological polar surface area (TPSA) is 99.5 Å². The SMILES string of the molecule is COc1ccc(OC)c(C(C)NC(=O)Cn2c(S(C)(=O)=O)nc3ccccc32)c1. The summed E-state index contributed by atoms with van der Waals surface area (Å²) in [5, 5.41) is 2.75. The highest BCUT2D eigenvalue weighted by Crippen LogP contribution is 2.29. The average molecular weight is 417 g/mol. The van der Waals surface area contributed by atoms with Gasteiger partial charge in [-0.1, -0.05) is 12.1 Å². The minimum atomic E-state index is -3.61. The summed E-state index contributed by atoms with van der Waals surface area (Å²) >= 11 is 0. The summed E-state index contributed by atoms with van der Waals surface area (Å²) in [6.45, 7) is 1.64. The van der Waals surface area contributed by atoms with Crippen molar-refractivity contribution in [1.29, 1.82) is 0 Å². The fraction of sp³-hybridized carbons (Fsp3) is 0.300. The predicted octanol–water partition coefficient (Wildman–Crippen LogP) is 2.33. The van der Waals surface area contributed by atoms with Crippen molar-refractivity contribution in [3.8, 4) is 11.5 Å². The van der Waals surface area contributed by atoms with Crippen LogP contribution >= 0.6 is 0 Å². The average Bonchev–Trinajstić information content (AvgIpc) is 3.06. The van der Waals surface area contributed by atoms with Gasteiger partial charge in [0.2, 0.25) is 20.9 Å². The van der Waals surface area contributed by atoms with E-state index < -0.39 is 9.84 Å². The van der Waals surface area contributed by atoms with E-state index in [0.29, 0.717) is 22.5 Å². The van der Waals surface area contributed by atoms with Crippen molar-refractivity contribution in [2.24, 2.45) is 0 Å². The molecule has 29 heavy (non-hydrogen) atoms. The molecular weight excluding hydrogens is 394 g/mol. The molecule has 0 aliphatic carbocycles. The van der Waals surface area contributed by atoms with Crippen molar-refractivity contribution in [3.63, 3.8) is 0 Å². The van der Waals surface area contributed by atoms with Crippen LogP contribution in [0, 0.1) is 0 Å². The number of fused-ring (bicyclic) bond motifs is 1. The van der Waals surface area contributed by atoms with Gasteiger partial charge in [0.1, 0.15) is 18.0 Å². The van der Waals surface area contributed by atoms with Crippen molar-refractivity contribution in [2.75, 3.05) is 20.5 Å². The van der Waals surface area contributed by atoms with Gasteiger partial charge in [-0.3, -0.25) is 4.79 Å². The van der Waals surface area contributed by atoms with E-state index in [9.17, 15) is 13.2 Å². The molecule has 1 atom stereocenters. The maximum Gasteiger partial charge on any atom is 0.240 e. The summed E-state index contributed by atoms with van der Waals surface area (Å²) in [5.41, 5.74) is 1.84. The molecule has 0 spiro atoms. The molecule has 0 saturated carbocycles. The first-order chi connectivity index (χ1) is 13.7. The van der Waals surface area contributed by atoms with Crippen LogP contribution in [0.3, 0.4) is 0 Å². The number of rotatable bonds is 7. The Labute approximate surface area is 169 Å². The van der Waals surface area contributed by atoms with Gasteiger partial charge in [0.25, 0.3) is 0 Å². The number of para-hydroxylation sites is 2. The van der Waals surface area contributed by atoms with Gasteiger partial charge in [0.05, 0.1) is 31.3 Å². The van der Waals surface area contributed by atoms with Crippen LogP contribution in [0.1, 0.15) is 18.5 Å². The zero-order valence-corrected chi connectivity index (χ0v) is 17.5. The number of nitrogens with zero attached hydrogens (tertiary/aromatic N) is 2. The number of ether oxygens (including phenoxy) is 2. The van der Waals surface area contributed by atoms with E-state index in [1.165, 1.54) is 4.57 Å². The first-order valence-corrected chi connectivity index (χ1v) is 10.8. The van der Waals surface area contributed by atoms with E-state index in [2.05, 4.69) is 10.3 Å². The molecule has 0 radical (unpaired) electrons. The van der Waals surface area contributed by atoms with Gasteiger partial charge in [-0.05, 0) is 37.3 Å². The van der Waals surface area contributed by atoms with Gasteiger partial charge in [-0.15, -0.1) is 0 Å². The van der Waals surface area contributed by atoms with E-state index in [1.807, 2.05) is 6.92 Å². The summed E-state index contributed by atoms with van der Waals surface area (Å²) < 4.78 is 36.3. The fourth-order valence-corrected chi connectivity index (χ4v) is 4.00. The Hall–Kier alpha value is -3.07. The van der Waals surface area contributed by atoms with Crippen LogP contribution < -0.4 is 14.8 Å². The third-order valence-corrected chi connectivity index (χ3v) is 5.51. The molecule has 0 aliphatic rings. The second-order valence-electron chi connectivity index (χ2n) is 6.64. The first-order valence-electron chi connectivity index (χ1n) is 8.91. The van der Waals surface area contributed by atoms with Crippen LogP contribution in [0.25, 0.3) is 11.0 Å². The number of imidazole rings is 1. The minimum absolute atomic E-state index is 0.138. The number of nitrogens with one attached hydrogen (secondary N) is 1. The van der Waals surface area contributed by atoms with Crippen molar-refractivity contribution in [1.82, 2.24) is 14.9 Å². The van der Waals surface area contributed by atoms with Crippen LogP contribution in [0.5, 0.6) is 11.5 Å². The molecule has 1 heterocycles. The van der Waals surface area contributed by atoms with Gasteiger partial charge >= 0.3 is 0 Å². The smallest absolute Gasteiger partial charge is 0.240 e. The highest BCUT2D eigenvalue weighted by molar-refractivity contribution is 7.90. The third-order valence-electron chi connectivity index (χ3n) is 4.53. The second kappa shape index (κ2) is 8.12. The molecule has 1 amide bonds. The molecule has 1 aromatic heterocycles. The van der Waals surface area contributed by atoms with Crippen LogP contribution in [-0.4, -0.2) is 44.4 Å². The largest absolute Gasteiger partial charge is 0.497 e. The maximum absolute atomic E-state index is 12.7. The van der Waals surface area contributed by atoms with Crippen LogP contribution in [0.15, 0.2) is 47.6 Å². The normalized spacial score (nSPS) is 12.6. The predicted molar refractivity (Wildman–Crippen MR) is 109 cm³/mol. The summed E-state index contributed by atoms with van der Waals surface area (Å²) in [6, 6.07) is 11.9. The van der Waals surface area contributed by atoms with Gasteiger partial charge < -0.3 is 19.4 Å². The Morgan fingerprint density at radius 2 is 1.90 bits per heavy atom. The number of carbonyl (C=O) groups is 1. The third kappa shape index (κ3) is 4.34. The monoisotopic (exact) mass is 417 g/mol. The van der Waals surface area contributed by atoms with Crippen molar-refractivity contribution < 1.29 is 22.7 Å². The van der Waals surface area contributed by atoms with Gasteiger partial charge in [-0.25, -0.2) is 13.4 Å². The lowest BCUT2D eigenvalue weighted by Crippen LogP contribution is -2.31. The van der Waals surface area contributed by atoms with E-state index in [4.69, 9.17) is 9.47 Å². The Morgan fingerprint density at radius 3 is 2.55 bits per heavy atom. The highest BCUT2D eigenvalue weighted by atomic mass is 32.2. The van der Waals surface area contributed by atoms with E-state index in [1.54, 1.807) is 56.7 Å². The number of methoxy groups -OCH3 is 2. The van der Waals surface area contributed by atoms with E-state index in [0.717, 1.165) is 11.8 Å². The van der Waals surface area contributed by atoms with E-state index in [-0.39, 0.29) is 23.7 Å². The number of aromatic nitrogens is 2. The fourth-order valence-electron chi connectivity index (χ4n) is 3.18. The molecule has 0 aliphatic heterocycles. The Balaban J connectivity index is 1.89. The van der Waals surface area contributed by atoms with Gasteiger partial charge in [0, 0.05) is 11.8 Å². The number of hydrogen-bond acceptors (Lipinski definition) is 6. The number of benzene rings is 2. The van der Waals surface area contributed by atoms with E-state index >= 15 is 0 Å². The summed E-state index contributed by atoms with van der Waals surface area (Å²) in [7, 11) is -0.493. The van der Waals surface area contributed by atoms with Crippen LogP contribution in [-0.2, 0) is 21.2 Å². The molecule has 8 nitrogen and oxygen atoms in total. The maximum atomic E-state index is 12.7. The molecule has 3 rings (SSSR count). The molecule has 0 bridgehead atoms. The van der Waals surface area contributed by atoms with Crippen LogP contribution in [0.2, 0.25) is 0 Å². The highest BCUT2D eigenvalue weighted by Gasteiger charge is 2.22. The van der Waals surface area contributed by atoms with Gasteiger partial charge in [-0.2, -0.15) is 0 Å². The molecule has 2 aromatic carbocycles.